The molecule has 0 saturated carbocycles. The molecule has 172 valence electrons. The van der Waals surface area contributed by atoms with Gasteiger partial charge >= 0.3 is 6.03 Å². The minimum Gasteiger partial charge on any atom is -0.419 e. The first-order chi connectivity index (χ1) is 17.9. The summed E-state index contributed by atoms with van der Waals surface area (Å²) in [6, 6.07) is 48.7. The average Bonchev–Trinajstić information content (AvgIpc) is 3.42. The Morgan fingerprint density at radius 1 is 0.361 bits per heavy atom. The maximum absolute atomic E-state index is 6.98. The maximum atomic E-state index is 6.98. The first-order valence-corrected chi connectivity index (χ1v) is 14.1. The highest BCUT2D eigenvalue weighted by Crippen LogP contribution is 2.64. The van der Waals surface area contributed by atoms with Crippen LogP contribution in [0.2, 0.25) is 0 Å². The molecule has 1 aliphatic rings. The van der Waals surface area contributed by atoms with Crippen LogP contribution in [0.15, 0.2) is 140 Å². The van der Waals surface area contributed by atoms with Gasteiger partial charge in [-0.3, -0.25) is 0 Å². The van der Waals surface area contributed by atoms with Crippen molar-refractivity contribution in [1.29, 1.82) is 0 Å². The quantitative estimate of drug-likeness (QED) is 0.198. The zero-order valence-corrected chi connectivity index (χ0v) is 20.5. The molecule has 6 aromatic carbocycles. The summed E-state index contributed by atoms with van der Waals surface area (Å²) in [6.45, 7) is 0. The summed E-state index contributed by atoms with van der Waals surface area (Å²) in [4.78, 5) is 0. The second-order valence-corrected chi connectivity index (χ2v) is 12.4. The third-order valence-electron chi connectivity index (χ3n) is 7.08. The van der Waals surface area contributed by atoms with Gasteiger partial charge in [-0.15, -0.1) is 0 Å². The van der Waals surface area contributed by atoms with Crippen LogP contribution in [0.25, 0.3) is 21.5 Å². The molecule has 7 rings (SSSR count). The number of hydrogen-bond acceptors (Lipinski definition) is 2. The van der Waals surface area contributed by atoms with Crippen molar-refractivity contribution in [1.82, 2.24) is 0 Å². The summed E-state index contributed by atoms with van der Waals surface area (Å²) in [5, 5.41) is 8.22. The number of rotatable bonds is 4. The Kier molecular flexibility index (Phi) is 5.01. The smallest absolute Gasteiger partial charge is 0.368 e. The van der Waals surface area contributed by atoms with E-state index in [4.69, 9.17) is 9.47 Å². The van der Waals surface area contributed by atoms with Crippen LogP contribution in [0.1, 0.15) is 0 Å². The predicted molar refractivity (Wildman–Crippen MR) is 152 cm³/mol. The minimum atomic E-state index is -2.38. The monoisotopic (exact) mass is 483 g/mol. The lowest BCUT2D eigenvalue weighted by molar-refractivity contribution is 0.131. The van der Waals surface area contributed by atoms with E-state index in [9.17, 15) is 0 Å². The number of hydrogen-bond donors (Lipinski definition) is 0. The standard InChI is InChI=1S/C33H24O2P/c1-4-14-24(15-5-1)36(25-16-6-2-7-17-25,26-18-8-3-9-19-26)33-34-31-29-22-12-10-20-27(29)28-21-11-13-23-30(28)32(31)35-33/h1-23,33H/q+1. The summed E-state index contributed by atoms with van der Waals surface area (Å²) in [5.41, 5.74) is 0. The van der Waals surface area contributed by atoms with Gasteiger partial charge in [-0.25, -0.2) is 0 Å². The molecule has 0 unspecified atom stereocenters. The van der Waals surface area contributed by atoms with Crippen molar-refractivity contribution in [3.8, 4) is 11.5 Å². The van der Waals surface area contributed by atoms with Crippen LogP contribution in [0.3, 0.4) is 0 Å². The molecule has 0 aliphatic carbocycles. The highest BCUT2D eigenvalue weighted by atomic mass is 31.2. The van der Waals surface area contributed by atoms with E-state index in [0.29, 0.717) is 0 Å². The molecule has 0 N–H and O–H groups in total. The third-order valence-corrected chi connectivity index (χ3v) is 11.3. The maximum Gasteiger partial charge on any atom is 0.368 e. The van der Waals surface area contributed by atoms with Crippen LogP contribution in [0, 0.1) is 0 Å². The molecule has 0 fully saturated rings. The van der Waals surface area contributed by atoms with E-state index in [1.807, 2.05) is 0 Å². The van der Waals surface area contributed by atoms with Gasteiger partial charge in [0.15, 0.2) is 18.8 Å². The zero-order valence-electron chi connectivity index (χ0n) is 19.6. The molecule has 0 aromatic heterocycles. The van der Waals surface area contributed by atoms with Gasteiger partial charge in [-0.2, -0.15) is 0 Å². The molecule has 36 heavy (non-hydrogen) atoms. The Bertz CT molecular complexity index is 1520. The summed E-state index contributed by atoms with van der Waals surface area (Å²) in [7, 11) is -2.38. The van der Waals surface area contributed by atoms with Crippen molar-refractivity contribution in [2.45, 2.75) is 6.03 Å². The molecule has 0 atom stereocenters. The van der Waals surface area contributed by atoms with E-state index >= 15 is 0 Å². The summed E-state index contributed by atoms with van der Waals surface area (Å²) in [6.07, 6.45) is 0. The van der Waals surface area contributed by atoms with E-state index in [1.54, 1.807) is 0 Å². The van der Waals surface area contributed by atoms with Crippen molar-refractivity contribution in [3.63, 3.8) is 0 Å². The Morgan fingerprint density at radius 2 is 0.667 bits per heavy atom. The fourth-order valence-corrected chi connectivity index (χ4v) is 9.58. The first kappa shape index (κ1) is 21.2. The number of ether oxygens (including phenoxy) is 2. The summed E-state index contributed by atoms with van der Waals surface area (Å²) < 4.78 is 14.0. The normalized spacial score (nSPS) is 13.3. The van der Waals surface area contributed by atoms with Gasteiger partial charge in [0, 0.05) is 10.8 Å². The Labute approximate surface area is 211 Å². The van der Waals surface area contributed by atoms with Gasteiger partial charge in [0.05, 0.1) is 0 Å². The fourth-order valence-electron chi connectivity index (χ4n) is 5.50. The molecular formula is C33H24O2P+. The summed E-state index contributed by atoms with van der Waals surface area (Å²) in [5.74, 6) is 1.67. The lowest BCUT2D eigenvalue weighted by Crippen LogP contribution is -2.42. The summed E-state index contributed by atoms with van der Waals surface area (Å²) >= 11 is 0. The van der Waals surface area contributed by atoms with Crippen molar-refractivity contribution in [2.75, 3.05) is 0 Å². The van der Waals surface area contributed by atoms with Crippen LogP contribution in [0.5, 0.6) is 11.5 Å². The predicted octanol–water partition coefficient (Wildman–Crippen LogP) is 7.04. The van der Waals surface area contributed by atoms with Crippen molar-refractivity contribution in [3.05, 3.63) is 140 Å². The molecule has 1 aliphatic heterocycles. The van der Waals surface area contributed by atoms with E-state index in [1.165, 1.54) is 26.7 Å². The first-order valence-electron chi connectivity index (χ1n) is 12.2. The highest BCUT2D eigenvalue weighted by Gasteiger charge is 2.59. The second kappa shape index (κ2) is 8.52. The lowest BCUT2D eigenvalue weighted by atomic mass is 10.0. The van der Waals surface area contributed by atoms with Gasteiger partial charge in [-0.05, 0) is 47.2 Å². The number of benzene rings is 6. The Hall–Kier alpha value is -4.13. The zero-order chi connectivity index (χ0) is 24.0. The van der Waals surface area contributed by atoms with Crippen LogP contribution in [-0.4, -0.2) is 6.03 Å². The van der Waals surface area contributed by atoms with Crippen molar-refractivity contribution in [2.24, 2.45) is 0 Å². The van der Waals surface area contributed by atoms with E-state index in [2.05, 4.69) is 140 Å². The largest absolute Gasteiger partial charge is 0.419 e. The van der Waals surface area contributed by atoms with E-state index < -0.39 is 13.3 Å². The molecule has 3 heteroatoms. The fraction of sp³-hybridized carbons (Fsp3) is 0.0303. The van der Waals surface area contributed by atoms with Crippen LogP contribution in [0.4, 0.5) is 0 Å². The van der Waals surface area contributed by atoms with Crippen LogP contribution < -0.4 is 25.4 Å². The molecular weight excluding hydrogens is 459 g/mol. The number of fused-ring (bicyclic) bond motifs is 6. The molecule has 2 nitrogen and oxygen atoms in total. The highest BCUT2D eigenvalue weighted by molar-refractivity contribution is 7.96. The Morgan fingerprint density at radius 3 is 1.03 bits per heavy atom. The SMILES string of the molecule is c1ccc([P+](c2ccccc2)(c2ccccc2)C2Oc3c(c4ccccc4c4ccccc34)O2)cc1. The van der Waals surface area contributed by atoms with Crippen molar-refractivity contribution < 1.29 is 9.47 Å². The van der Waals surface area contributed by atoms with Crippen molar-refractivity contribution >= 4 is 44.7 Å². The second-order valence-electron chi connectivity index (χ2n) is 9.02. The average molecular weight is 484 g/mol. The molecule has 1 heterocycles. The van der Waals surface area contributed by atoms with E-state index in [-0.39, 0.29) is 0 Å². The van der Waals surface area contributed by atoms with Gasteiger partial charge in [0.2, 0.25) is 0 Å². The van der Waals surface area contributed by atoms with Crippen LogP contribution >= 0.6 is 7.26 Å². The molecule has 6 aromatic rings. The molecule has 0 saturated heterocycles. The van der Waals surface area contributed by atoms with Gasteiger partial charge < -0.3 is 9.47 Å². The molecule has 0 amide bonds. The van der Waals surface area contributed by atoms with Gasteiger partial charge in [0.1, 0.15) is 15.9 Å². The topological polar surface area (TPSA) is 18.5 Å². The molecule has 0 spiro atoms. The van der Waals surface area contributed by atoms with Gasteiger partial charge in [-0.1, -0.05) is 103 Å². The van der Waals surface area contributed by atoms with Gasteiger partial charge in [0.25, 0.3) is 0 Å². The lowest BCUT2D eigenvalue weighted by Gasteiger charge is -2.30. The minimum absolute atomic E-state index is 0.492. The van der Waals surface area contributed by atoms with E-state index in [0.717, 1.165) is 22.3 Å². The molecule has 0 radical (unpaired) electrons. The van der Waals surface area contributed by atoms with Crippen LogP contribution in [-0.2, 0) is 0 Å². The Balaban J connectivity index is 1.54. The third kappa shape index (κ3) is 3.08. The molecule has 0 bridgehead atoms.